The normalized spacial score (nSPS) is 12.1. The van der Waals surface area contributed by atoms with Crippen molar-refractivity contribution in [1.29, 1.82) is 5.26 Å². The van der Waals surface area contributed by atoms with Crippen molar-refractivity contribution < 1.29 is 9.90 Å². The summed E-state index contributed by atoms with van der Waals surface area (Å²) in [5, 5.41) is 20.4. The topological polar surface area (TPSA) is 91.8 Å². The molecule has 0 aliphatic carbocycles. The molecule has 2 aromatic carbocycles. The van der Waals surface area contributed by atoms with Gasteiger partial charge in [0.2, 0.25) is 0 Å². The van der Waals surface area contributed by atoms with Crippen molar-refractivity contribution in [3.8, 4) is 11.8 Å². The fourth-order valence-electron chi connectivity index (χ4n) is 3.01. The number of carboxylic acids is 1. The summed E-state index contributed by atoms with van der Waals surface area (Å²) in [5.74, 6) is -0.901. The summed E-state index contributed by atoms with van der Waals surface area (Å²) in [4.78, 5) is 20.1. The highest BCUT2D eigenvalue weighted by atomic mass is 32.2. The third-order valence-electron chi connectivity index (χ3n) is 4.32. The predicted molar refractivity (Wildman–Crippen MR) is 104 cm³/mol. The van der Waals surface area contributed by atoms with Crippen LogP contribution < -0.4 is 0 Å². The van der Waals surface area contributed by atoms with E-state index in [0.29, 0.717) is 16.2 Å². The molecule has 7 heteroatoms. The van der Waals surface area contributed by atoms with Crippen LogP contribution in [-0.2, 0) is 4.79 Å². The minimum atomic E-state index is -0.901. The van der Waals surface area contributed by atoms with E-state index < -0.39 is 11.2 Å². The molecule has 0 amide bonds. The molecule has 4 rings (SSSR count). The number of aliphatic carboxylic acids is 1. The molecule has 0 aliphatic heterocycles. The highest BCUT2D eigenvalue weighted by Crippen LogP contribution is 2.34. The number of aromatic nitrogens is 3. The van der Waals surface area contributed by atoms with Crippen molar-refractivity contribution in [3.05, 3.63) is 60.4 Å². The molecule has 1 unspecified atom stereocenters. The van der Waals surface area contributed by atoms with Crippen LogP contribution in [0.5, 0.6) is 0 Å². The second-order valence-electron chi connectivity index (χ2n) is 5.98. The van der Waals surface area contributed by atoms with Crippen molar-refractivity contribution in [3.63, 3.8) is 0 Å². The minimum absolute atomic E-state index is 0.572. The monoisotopic (exact) mass is 374 g/mol. The first kappa shape index (κ1) is 17.1. The van der Waals surface area contributed by atoms with Gasteiger partial charge >= 0.3 is 5.97 Å². The van der Waals surface area contributed by atoms with E-state index in [4.69, 9.17) is 0 Å². The zero-order valence-electron chi connectivity index (χ0n) is 14.3. The lowest BCUT2D eigenvalue weighted by atomic mass is 10.0. The summed E-state index contributed by atoms with van der Waals surface area (Å²) in [6.45, 7) is 1.63. The molecular weight excluding hydrogens is 360 g/mol. The number of imidazole rings is 1. The van der Waals surface area contributed by atoms with Gasteiger partial charge in [-0.3, -0.25) is 14.3 Å². The molecule has 6 nitrogen and oxygen atoms in total. The molecule has 0 saturated heterocycles. The standard InChI is InChI=1S/C20H14N4O2S/c1-12(19(25)26)27-20-23-16-11-22-9-8-18(16)24(20)17-7-6-13(10-21)14-4-2-3-5-15(14)17/h2-9,11-12H,1H3,(H,25,26). The Bertz CT molecular complexity index is 1230. The van der Waals surface area contributed by atoms with Crippen LogP contribution in [0.2, 0.25) is 0 Å². The average Bonchev–Trinajstić information content (AvgIpc) is 3.04. The summed E-state index contributed by atoms with van der Waals surface area (Å²) in [5.41, 5.74) is 2.96. The summed E-state index contributed by atoms with van der Waals surface area (Å²) in [6.07, 6.45) is 3.34. The van der Waals surface area contributed by atoms with Gasteiger partial charge in [0.05, 0.1) is 29.0 Å². The lowest BCUT2D eigenvalue weighted by Crippen LogP contribution is -2.12. The maximum absolute atomic E-state index is 11.4. The molecule has 27 heavy (non-hydrogen) atoms. The third kappa shape index (κ3) is 2.90. The number of fused-ring (bicyclic) bond motifs is 2. The first-order chi connectivity index (χ1) is 13.1. The van der Waals surface area contributed by atoms with E-state index in [1.165, 1.54) is 11.8 Å². The van der Waals surface area contributed by atoms with Crippen molar-refractivity contribution in [2.45, 2.75) is 17.3 Å². The Morgan fingerprint density at radius 2 is 2.00 bits per heavy atom. The number of pyridine rings is 1. The highest BCUT2D eigenvalue weighted by Gasteiger charge is 2.21. The highest BCUT2D eigenvalue weighted by molar-refractivity contribution is 8.00. The van der Waals surface area contributed by atoms with E-state index in [1.807, 2.05) is 41.0 Å². The van der Waals surface area contributed by atoms with E-state index in [2.05, 4.69) is 16.0 Å². The fourth-order valence-corrected chi connectivity index (χ4v) is 3.88. The molecule has 0 aliphatic rings. The number of carboxylic acid groups (broad SMARTS) is 1. The number of hydrogen-bond donors (Lipinski definition) is 1. The van der Waals surface area contributed by atoms with Crippen molar-refractivity contribution in [1.82, 2.24) is 14.5 Å². The first-order valence-corrected chi connectivity index (χ1v) is 9.12. The van der Waals surface area contributed by atoms with Crippen LogP contribution in [0.4, 0.5) is 0 Å². The van der Waals surface area contributed by atoms with Gasteiger partial charge in [0.15, 0.2) is 5.16 Å². The minimum Gasteiger partial charge on any atom is -0.480 e. The van der Waals surface area contributed by atoms with Crippen LogP contribution in [0, 0.1) is 11.3 Å². The SMILES string of the molecule is CC(Sc1nc2cnccc2n1-c1ccc(C#N)c2ccccc12)C(=O)O. The van der Waals surface area contributed by atoms with Crippen molar-refractivity contribution in [2.75, 3.05) is 0 Å². The van der Waals surface area contributed by atoms with Crippen LogP contribution in [-0.4, -0.2) is 30.9 Å². The van der Waals surface area contributed by atoms with Gasteiger partial charge in [-0.2, -0.15) is 5.26 Å². The van der Waals surface area contributed by atoms with Gasteiger partial charge in [-0.05, 0) is 25.1 Å². The van der Waals surface area contributed by atoms with Gasteiger partial charge in [0, 0.05) is 17.0 Å². The predicted octanol–water partition coefficient (Wildman–Crippen LogP) is 4.01. The van der Waals surface area contributed by atoms with Gasteiger partial charge in [-0.1, -0.05) is 36.0 Å². The van der Waals surface area contributed by atoms with E-state index in [1.54, 1.807) is 25.4 Å². The lowest BCUT2D eigenvalue weighted by Gasteiger charge is -2.14. The Morgan fingerprint density at radius 1 is 1.22 bits per heavy atom. The van der Waals surface area contributed by atoms with E-state index in [0.717, 1.165) is 22.0 Å². The molecule has 0 saturated carbocycles. The maximum atomic E-state index is 11.4. The number of nitrogens with zero attached hydrogens (tertiary/aromatic N) is 4. The van der Waals surface area contributed by atoms with Crippen LogP contribution in [0.15, 0.2) is 60.0 Å². The smallest absolute Gasteiger partial charge is 0.316 e. The molecule has 0 spiro atoms. The van der Waals surface area contributed by atoms with Crippen molar-refractivity contribution >= 4 is 39.5 Å². The number of nitriles is 1. The first-order valence-electron chi connectivity index (χ1n) is 8.24. The van der Waals surface area contributed by atoms with Gasteiger partial charge in [0.1, 0.15) is 10.8 Å². The van der Waals surface area contributed by atoms with Crippen LogP contribution in [0.3, 0.4) is 0 Å². The molecule has 0 bridgehead atoms. The van der Waals surface area contributed by atoms with E-state index in [-0.39, 0.29) is 0 Å². The largest absolute Gasteiger partial charge is 0.480 e. The van der Waals surface area contributed by atoms with E-state index in [9.17, 15) is 15.2 Å². The molecule has 132 valence electrons. The molecular formula is C20H14N4O2S. The van der Waals surface area contributed by atoms with Gasteiger partial charge in [-0.15, -0.1) is 0 Å². The Balaban J connectivity index is 2.03. The Hall–Kier alpha value is -3.37. The summed E-state index contributed by atoms with van der Waals surface area (Å²) in [7, 11) is 0. The van der Waals surface area contributed by atoms with Gasteiger partial charge < -0.3 is 5.11 Å². The molecule has 4 aromatic rings. The maximum Gasteiger partial charge on any atom is 0.316 e. The molecule has 1 atom stereocenters. The number of carbonyl (C=O) groups is 1. The summed E-state index contributed by atoms with van der Waals surface area (Å²) < 4.78 is 1.94. The number of rotatable bonds is 4. The zero-order valence-corrected chi connectivity index (χ0v) is 15.1. The van der Waals surface area contributed by atoms with Crippen LogP contribution in [0.25, 0.3) is 27.5 Å². The Morgan fingerprint density at radius 3 is 2.74 bits per heavy atom. The number of benzene rings is 2. The van der Waals surface area contributed by atoms with Gasteiger partial charge in [0.25, 0.3) is 0 Å². The number of thioether (sulfide) groups is 1. The van der Waals surface area contributed by atoms with E-state index >= 15 is 0 Å². The average molecular weight is 374 g/mol. The van der Waals surface area contributed by atoms with Crippen LogP contribution in [0.1, 0.15) is 12.5 Å². The fraction of sp³-hybridized carbons (Fsp3) is 0.100. The second-order valence-corrected chi connectivity index (χ2v) is 7.29. The summed E-state index contributed by atoms with van der Waals surface area (Å²) in [6, 6.07) is 15.4. The van der Waals surface area contributed by atoms with Gasteiger partial charge in [-0.25, -0.2) is 4.98 Å². The molecule has 2 heterocycles. The molecule has 0 radical (unpaired) electrons. The van der Waals surface area contributed by atoms with Crippen LogP contribution >= 0.6 is 11.8 Å². The summed E-state index contributed by atoms with van der Waals surface area (Å²) >= 11 is 1.18. The Labute approximate surface area is 159 Å². The molecule has 1 N–H and O–H groups in total. The van der Waals surface area contributed by atoms with Crippen molar-refractivity contribution in [2.24, 2.45) is 0 Å². The quantitative estimate of drug-likeness (QED) is 0.543. The number of hydrogen-bond acceptors (Lipinski definition) is 5. The molecule has 2 aromatic heterocycles. The lowest BCUT2D eigenvalue weighted by molar-refractivity contribution is -0.136. The molecule has 0 fully saturated rings. The Kier molecular flexibility index (Phi) is 4.26. The third-order valence-corrected chi connectivity index (χ3v) is 5.36. The second kappa shape index (κ2) is 6.74. The zero-order chi connectivity index (χ0) is 19.0.